The van der Waals surface area contributed by atoms with E-state index in [0.717, 1.165) is 25.2 Å². The van der Waals surface area contributed by atoms with Gasteiger partial charge >= 0.3 is 0 Å². The van der Waals surface area contributed by atoms with Gasteiger partial charge in [-0.15, -0.1) is 0 Å². The number of ketones is 1. The van der Waals surface area contributed by atoms with E-state index in [1.807, 2.05) is 0 Å². The first-order valence-electron chi connectivity index (χ1n) is 10.5. The molecule has 0 heterocycles. The van der Waals surface area contributed by atoms with E-state index in [2.05, 4.69) is 13.8 Å². The number of rotatable bonds is 2. The molecule has 1 N–H and O–H groups in total. The van der Waals surface area contributed by atoms with E-state index in [9.17, 15) is 14.3 Å². The summed E-state index contributed by atoms with van der Waals surface area (Å²) in [5.74, 6) is 3.19. The summed E-state index contributed by atoms with van der Waals surface area (Å²) in [6, 6.07) is 0. The summed E-state index contributed by atoms with van der Waals surface area (Å²) in [5.41, 5.74) is -0.892. The van der Waals surface area contributed by atoms with Crippen molar-refractivity contribution in [1.29, 1.82) is 0 Å². The minimum absolute atomic E-state index is 0.208. The zero-order chi connectivity index (χ0) is 18.0. The minimum Gasteiger partial charge on any atom is -0.393 e. The lowest BCUT2D eigenvalue weighted by molar-refractivity contribution is -0.146. The smallest absolute Gasteiger partial charge is 0.134 e. The van der Waals surface area contributed by atoms with Gasteiger partial charge < -0.3 is 5.11 Å². The summed E-state index contributed by atoms with van der Waals surface area (Å²) in [4.78, 5) is 12.2. The van der Waals surface area contributed by atoms with Crippen molar-refractivity contribution in [3.63, 3.8) is 0 Å². The first-order valence-corrected chi connectivity index (χ1v) is 10.5. The van der Waals surface area contributed by atoms with Gasteiger partial charge in [0, 0.05) is 5.92 Å². The van der Waals surface area contributed by atoms with Crippen molar-refractivity contribution in [2.75, 3.05) is 6.61 Å². The van der Waals surface area contributed by atoms with Gasteiger partial charge in [-0.2, -0.15) is 0 Å². The standard InChI is InChI=1S/C22H35FO2/c1-14(25)17-6-7-18-16-5-4-15-12-22(23,13-24)11-10-20(15,2)19(16)8-9-21(17,18)3/h15-19,24H,4-13H2,1-3H3/t15-,16-,17+,18-,19-,20-,21+,22+/m0/s1. The molecule has 0 aliphatic heterocycles. The first kappa shape index (κ1) is 17.9. The summed E-state index contributed by atoms with van der Waals surface area (Å²) < 4.78 is 14.8. The highest BCUT2D eigenvalue weighted by Gasteiger charge is 2.61. The highest BCUT2D eigenvalue weighted by atomic mass is 19.1. The van der Waals surface area contributed by atoms with Crippen LogP contribution in [0, 0.1) is 40.4 Å². The third-order valence-electron chi connectivity index (χ3n) is 9.56. The van der Waals surface area contributed by atoms with E-state index in [0.29, 0.717) is 36.4 Å². The fourth-order valence-corrected chi connectivity index (χ4v) is 8.11. The molecule has 0 amide bonds. The van der Waals surface area contributed by atoms with Crippen LogP contribution in [0.15, 0.2) is 0 Å². The van der Waals surface area contributed by atoms with E-state index < -0.39 is 5.67 Å². The number of aliphatic hydroxyl groups excluding tert-OH is 1. The molecule has 0 aromatic heterocycles. The van der Waals surface area contributed by atoms with E-state index in [-0.39, 0.29) is 23.4 Å². The lowest BCUT2D eigenvalue weighted by Crippen LogP contribution is -2.56. The number of carbonyl (C=O) groups excluding carboxylic acids is 1. The Bertz CT molecular complexity index is 562. The maximum absolute atomic E-state index is 14.8. The lowest BCUT2D eigenvalue weighted by atomic mass is 9.44. The van der Waals surface area contributed by atoms with Gasteiger partial charge in [0.15, 0.2) is 0 Å². The molecule has 0 aromatic rings. The van der Waals surface area contributed by atoms with Gasteiger partial charge in [-0.1, -0.05) is 13.8 Å². The molecule has 8 atom stereocenters. The molecule has 0 saturated heterocycles. The molecule has 0 unspecified atom stereocenters. The Kier molecular flexibility index (Phi) is 4.15. The van der Waals surface area contributed by atoms with Gasteiger partial charge in [-0.05, 0) is 99.2 Å². The van der Waals surface area contributed by atoms with Crippen molar-refractivity contribution in [1.82, 2.24) is 0 Å². The van der Waals surface area contributed by atoms with E-state index in [4.69, 9.17) is 0 Å². The second kappa shape index (κ2) is 5.78. The highest BCUT2D eigenvalue weighted by molar-refractivity contribution is 5.79. The number of alkyl halides is 1. The van der Waals surface area contributed by atoms with Crippen LogP contribution in [0.25, 0.3) is 0 Å². The Hall–Kier alpha value is -0.440. The van der Waals surface area contributed by atoms with Gasteiger partial charge in [0.2, 0.25) is 0 Å². The summed E-state index contributed by atoms with van der Waals surface area (Å²) in [5, 5.41) is 9.49. The molecule has 0 bridgehead atoms. The molecule has 142 valence electrons. The molecule has 4 saturated carbocycles. The number of hydrogen-bond donors (Lipinski definition) is 1. The minimum atomic E-state index is -1.34. The maximum atomic E-state index is 14.8. The normalized spacial score (nSPS) is 55.2. The molecular weight excluding hydrogens is 315 g/mol. The quantitative estimate of drug-likeness (QED) is 0.766. The Balaban J connectivity index is 1.59. The molecule has 2 nitrogen and oxygen atoms in total. The third-order valence-corrected chi connectivity index (χ3v) is 9.56. The predicted molar refractivity (Wildman–Crippen MR) is 96.8 cm³/mol. The number of aliphatic hydroxyl groups is 1. The average Bonchev–Trinajstić information content (AvgIpc) is 2.93. The van der Waals surface area contributed by atoms with Gasteiger partial charge in [0.05, 0.1) is 6.61 Å². The Morgan fingerprint density at radius 2 is 1.72 bits per heavy atom. The van der Waals surface area contributed by atoms with Crippen molar-refractivity contribution in [2.24, 2.45) is 40.4 Å². The number of fused-ring (bicyclic) bond motifs is 5. The summed E-state index contributed by atoms with van der Waals surface area (Å²) in [6.45, 7) is 6.29. The van der Waals surface area contributed by atoms with Crippen molar-refractivity contribution in [3.8, 4) is 0 Å². The van der Waals surface area contributed by atoms with Crippen LogP contribution in [0.3, 0.4) is 0 Å². The molecule has 4 aliphatic carbocycles. The van der Waals surface area contributed by atoms with Gasteiger partial charge in [-0.25, -0.2) is 4.39 Å². The Morgan fingerprint density at radius 1 is 1.00 bits per heavy atom. The van der Waals surface area contributed by atoms with Gasteiger partial charge in [0.1, 0.15) is 11.5 Å². The highest BCUT2D eigenvalue weighted by Crippen LogP contribution is 2.68. The largest absolute Gasteiger partial charge is 0.393 e. The second-order valence-electron chi connectivity index (χ2n) is 10.5. The van der Waals surface area contributed by atoms with Crippen LogP contribution < -0.4 is 0 Å². The van der Waals surface area contributed by atoms with Crippen LogP contribution in [0.5, 0.6) is 0 Å². The van der Waals surface area contributed by atoms with Crippen molar-refractivity contribution >= 4 is 5.78 Å². The first-order chi connectivity index (χ1) is 11.7. The van der Waals surface area contributed by atoms with Crippen molar-refractivity contribution < 1.29 is 14.3 Å². The van der Waals surface area contributed by atoms with Crippen LogP contribution in [-0.4, -0.2) is 23.2 Å². The zero-order valence-electron chi connectivity index (χ0n) is 16.2. The van der Waals surface area contributed by atoms with Crippen LogP contribution in [-0.2, 0) is 4.79 Å². The molecule has 0 radical (unpaired) electrons. The van der Waals surface area contributed by atoms with Gasteiger partial charge in [-0.3, -0.25) is 4.79 Å². The fourth-order valence-electron chi connectivity index (χ4n) is 8.11. The number of hydrogen-bond acceptors (Lipinski definition) is 2. The summed E-state index contributed by atoms with van der Waals surface area (Å²) in [6.07, 6.45) is 9.01. The number of Topliss-reactive ketones (excluding diaryl/α,β-unsaturated/α-hetero) is 1. The second-order valence-corrected chi connectivity index (χ2v) is 10.5. The average molecular weight is 351 g/mol. The maximum Gasteiger partial charge on any atom is 0.134 e. The van der Waals surface area contributed by atoms with E-state index >= 15 is 0 Å². The lowest BCUT2D eigenvalue weighted by Gasteiger charge is -2.61. The van der Waals surface area contributed by atoms with Crippen molar-refractivity contribution in [2.45, 2.75) is 84.2 Å². The predicted octanol–water partition coefficient (Wildman–Crippen LogP) is 4.93. The molecule has 4 rings (SSSR count). The van der Waals surface area contributed by atoms with Crippen LogP contribution in [0.4, 0.5) is 4.39 Å². The zero-order valence-corrected chi connectivity index (χ0v) is 16.2. The third kappa shape index (κ3) is 2.47. The SMILES string of the molecule is CC(=O)[C@H]1CC[C@H]2[C@@H]3CC[C@H]4C[C@@](F)(CO)CC[C@]4(C)[C@H]3CC[C@]12C. The van der Waals surface area contributed by atoms with Gasteiger partial charge in [0.25, 0.3) is 0 Å². The molecule has 0 aromatic carbocycles. The van der Waals surface area contributed by atoms with Crippen LogP contribution in [0.1, 0.15) is 78.6 Å². The summed E-state index contributed by atoms with van der Waals surface area (Å²) >= 11 is 0. The molecule has 0 spiro atoms. The van der Waals surface area contributed by atoms with Crippen molar-refractivity contribution in [3.05, 3.63) is 0 Å². The molecule has 4 aliphatic rings. The molecule has 3 heteroatoms. The molecule has 4 fully saturated rings. The fraction of sp³-hybridized carbons (Fsp3) is 0.955. The molecular formula is C22H35FO2. The summed E-state index contributed by atoms with van der Waals surface area (Å²) in [7, 11) is 0. The Morgan fingerprint density at radius 3 is 2.40 bits per heavy atom. The number of carbonyl (C=O) groups is 1. The van der Waals surface area contributed by atoms with E-state index in [1.165, 1.54) is 25.7 Å². The Labute approximate surface area is 152 Å². The van der Waals surface area contributed by atoms with E-state index in [1.54, 1.807) is 6.92 Å². The van der Waals surface area contributed by atoms with Crippen LogP contribution in [0.2, 0.25) is 0 Å². The topological polar surface area (TPSA) is 37.3 Å². The molecule has 25 heavy (non-hydrogen) atoms. The monoisotopic (exact) mass is 350 g/mol. The number of halogens is 1. The van der Waals surface area contributed by atoms with Crippen LogP contribution >= 0.6 is 0 Å².